The Morgan fingerprint density at radius 3 is 1.67 bits per heavy atom. The summed E-state index contributed by atoms with van der Waals surface area (Å²) in [6.07, 6.45) is 2.90. The molecule has 7 N–H and O–H groups in total. The second kappa shape index (κ2) is 11.1. The largest absolute Gasteiger partial charge is 0.307 e. The summed E-state index contributed by atoms with van der Waals surface area (Å²) in [5, 5.41) is 2.05. The van der Waals surface area contributed by atoms with Crippen LogP contribution in [0.25, 0.3) is 0 Å². The lowest BCUT2D eigenvalue weighted by atomic mass is 10.5. The standard InChI is InChI=1S/C5H2Cl3N.C5H5Cl2N3.H4N2/c6-3-1-4(7)5(8)9-2-3;6-3-1-4(7)5(10-8)9-2-3;1-2/h1-2H;1-2H,8H2,(H,9,10);1-2H2. The molecule has 0 amide bonds. The number of hydrogen-bond acceptors (Lipinski definition) is 6. The van der Waals surface area contributed by atoms with Crippen LogP contribution in [0.1, 0.15) is 0 Å². The summed E-state index contributed by atoms with van der Waals surface area (Å²) < 4.78 is 0. The molecule has 0 aliphatic heterocycles. The average molecular weight is 393 g/mol. The molecule has 0 unspecified atom stereocenters. The lowest BCUT2D eigenvalue weighted by Gasteiger charge is -1.99. The lowest BCUT2D eigenvalue weighted by molar-refractivity contribution is 1.23. The Balaban J connectivity index is 0.000000342. The molecule has 0 aliphatic rings. The van der Waals surface area contributed by atoms with E-state index in [0.717, 1.165) is 0 Å². The van der Waals surface area contributed by atoms with E-state index < -0.39 is 0 Å². The van der Waals surface area contributed by atoms with E-state index in [-0.39, 0.29) is 5.15 Å². The number of rotatable bonds is 1. The molecule has 11 heteroatoms. The number of nitrogen functional groups attached to an aromatic ring is 1. The van der Waals surface area contributed by atoms with Gasteiger partial charge in [-0.25, -0.2) is 15.8 Å². The van der Waals surface area contributed by atoms with Crippen LogP contribution in [0, 0.1) is 0 Å². The highest BCUT2D eigenvalue weighted by Gasteiger charge is 1.98. The van der Waals surface area contributed by atoms with Crippen molar-refractivity contribution in [3.8, 4) is 0 Å². The Morgan fingerprint density at radius 2 is 1.29 bits per heavy atom. The first-order valence-corrected chi connectivity index (χ1v) is 6.90. The first kappa shape index (κ1) is 20.4. The molecule has 0 saturated heterocycles. The van der Waals surface area contributed by atoms with Gasteiger partial charge in [0.15, 0.2) is 5.82 Å². The summed E-state index contributed by atoms with van der Waals surface area (Å²) in [6.45, 7) is 0. The van der Waals surface area contributed by atoms with Crippen LogP contribution >= 0.6 is 58.0 Å². The quantitative estimate of drug-likeness (QED) is 0.335. The number of hydrazine groups is 2. The smallest absolute Gasteiger partial charge is 0.158 e. The molecule has 2 aromatic heterocycles. The molecule has 0 spiro atoms. The summed E-state index contributed by atoms with van der Waals surface area (Å²) in [6, 6.07) is 3.10. The van der Waals surface area contributed by atoms with E-state index in [1.165, 1.54) is 12.4 Å². The molecule has 116 valence electrons. The number of aromatic nitrogens is 2. The molecule has 0 atom stereocenters. The molecule has 0 radical (unpaired) electrons. The fourth-order valence-corrected chi connectivity index (χ4v) is 1.84. The molecule has 0 bridgehead atoms. The zero-order valence-corrected chi connectivity index (χ0v) is 14.1. The van der Waals surface area contributed by atoms with Crippen molar-refractivity contribution in [2.24, 2.45) is 17.5 Å². The Kier molecular flexibility index (Phi) is 10.8. The summed E-state index contributed by atoms with van der Waals surface area (Å²) in [5.74, 6) is 13.5. The van der Waals surface area contributed by atoms with Gasteiger partial charge in [0.2, 0.25) is 0 Å². The number of pyridine rings is 2. The van der Waals surface area contributed by atoms with Gasteiger partial charge in [0.05, 0.1) is 20.1 Å². The van der Waals surface area contributed by atoms with E-state index in [1.54, 1.807) is 12.1 Å². The van der Waals surface area contributed by atoms with Crippen molar-refractivity contribution in [2.45, 2.75) is 0 Å². The van der Waals surface area contributed by atoms with Crippen molar-refractivity contribution in [3.05, 3.63) is 49.8 Å². The van der Waals surface area contributed by atoms with Gasteiger partial charge >= 0.3 is 0 Å². The molecule has 2 heterocycles. The molecule has 2 aromatic rings. The molecule has 0 fully saturated rings. The number of hydrogen-bond donors (Lipinski definition) is 4. The van der Waals surface area contributed by atoms with Crippen molar-refractivity contribution in [3.63, 3.8) is 0 Å². The summed E-state index contributed by atoms with van der Waals surface area (Å²) in [7, 11) is 0. The molecule has 0 aromatic carbocycles. The third-order valence-corrected chi connectivity index (χ3v) is 3.09. The highest BCUT2D eigenvalue weighted by Crippen LogP contribution is 2.22. The third-order valence-electron chi connectivity index (χ3n) is 1.71. The molecule has 6 nitrogen and oxygen atoms in total. The van der Waals surface area contributed by atoms with Crippen LogP contribution in [0.15, 0.2) is 24.5 Å². The van der Waals surface area contributed by atoms with E-state index in [4.69, 9.17) is 63.8 Å². The predicted octanol–water partition coefficient (Wildman–Crippen LogP) is 3.53. The molecular formula is C10H11Cl5N6. The van der Waals surface area contributed by atoms with Crippen molar-refractivity contribution in [1.29, 1.82) is 0 Å². The van der Waals surface area contributed by atoms with Gasteiger partial charge in [-0.15, -0.1) is 0 Å². The number of halogens is 5. The fraction of sp³-hybridized carbons (Fsp3) is 0. The second-order valence-corrected chi connectivity index (χ2v) is 5.10. The van der Waals surface area contributed by atoms with Crippen LogP contribution in [-0.2, 0) is 0 Å². The van der Waals surface area contributed by atoms with Crippen LogP contribution in [0.3, 0.4) is 0 Å². The van der Waals surface area contributed by atoms with Gasteiger partial charge in [-0.3, -0.25) is 11.7 Å². The van der Waals surface area contributed by atoms with E-state index in [2.05, 4.69) is 27.1 Å². The van der Waals surface area contributed by atoms with Crippen LogP contribution in [-0.4, -0.2) is 9.97 Å². The third kappa shape index (κ3) is 7.85. The maximum Gasteiger partial charge on any atom is 0.158 e. The average Bonchev–Trinajstić information content (AvgIpc) is 2.46. The van der Waals surface area contributed by atoms with Crippen LogP contribution in [0.4, 0.5) is 5.82 Å². The first-order valence-electron chi connectivity index (χ1n) is 5.01. The number of nitrogens with zero attached hydrogens (tertiary/aromatic N) is 2. The van der Waals surface area contributed by atoms with Crippen LogP contribution < -0.4 is 23.0 Å². The zero-order chi connectivity index (χ0) is 16.4. The van der Waals surface area contributed by atoms with E-state index in [1.807, 2.05) is 0 Å². The van der Waals surface area contributed by atoms with Crippen molar-refractivity contribution in [2.75, 3.05) is 5.43 Å². The number of anilines is 1. The first-order chi connectivity index (χ1) is 9.93. The maximum absolute atomic E-state index is 5.64. The number of nitrogens with two attached hydrogens (primary N) is 3. The van der Waals surface area contributed by atoms with Crippen molar-refractivity contribution in [1.82, 2.24) is 9.97 Å². The summed E-state index contributed by atoms with van der Waals surface area (Å²) in [4.78, 5) is 7.48. The van der Waals surface area contributed by atoms with Crippen molar-refractivity contribution >= 4 is 63.8 Å². The minimum atomic E-state index is 0.279. The van der Waals surface area contributed by atoms with Crippen molar-refractivity contribution < 1.29 is 0 Å². The highest BCUT2D eigenvalue weighted by atomic mass is 35.5. The van der Waals surface area contributed by atoms with Gasteiger partial charge in [-0.05, 0) is 12.1 Å². The summed E-state index contributed by atoms with van der Waals surface area (Å²) in [5.41, 5.74) is 2.32. The van der Waals surface area contributed by atoms with E-state index in [9.17, 15) is 0 Å². The summed E-state index contributed by atoms with van der Waals surface area (Å²) >= 11 is 27.7. The predicted molar refractivity (Wildman–Crippen MR) is 89.7 cm³/mol. The lowest BCUT2D eigenvalue weighted by Crippen LogP contribution is -2.08. The highest BCUT2D eigenvalue weighted by molar-refractivity contribution is 6.42. The normalized spacial score (nSPS) is 8.95. The molecule has 0 saturated carbocycles. The van der Waals surface area contributed by atoms with E-state index >= 15 is 0 Å². The Labute approximate surface area is 146 Å². The Hall–Kier alpha value is -0.570. The maximum atomic E-state index is 5.64. The Bertz CT molecular complexity index is 568. The zero-order valence-electron chi connectivity index (χ0n) is 10.3. The van der Waals surface area contributed by atoms with Gasteiger partial charge in [-0.1, -0.05) is 58.0 Å². The minimum Gasteiger partial charge on any atom is -0.307 e. The van der Waals surface area contributed by atoms with Gasteiger partial charge in [0, 0.05) is 12.4 Å². The van der Waals surface area contributed by atoms with Crippen LogP contribution in [0.5, 0.6) is 0 Å². The van der Waals surface area contributed by atoms with Gasteiger partial charge < -0.3 is 5.43 Å². The SMILES string of the molecule is Clc1cnc(Cl)c(Cl)c1.NN.NNc1ncc(Cl)cc1Cl. The van der Waals surface area contributed by atoms with Crippen LogP contribution in [0.2, 0.25) is 25.2 Å². The fourth-order valence-electron chi connectivity index (χ4n) is 0.919. The minimum absolute atomic E-state index is 0.279. The van der Waals surface area contributed by atoms with Gasteiger partial charge in [0.25, 0.3) is 0 Å². The molecule has 21 heavy (non-hydrogen) atoms. The Morgan fingerprint density at radius 1 is 0.810 bits per heavy atom. The molecule has 0 aliphatic carbocycles. The monoisotopic (exact) mass is 390 g/mol. The topological polar surface area (TPSA) is 116 Å². The number of nitrogens with one attached hydrogen (secondary N) is 1. The molecule has 2 rings (SSSR count). The second-order valence-electron chi connectivity index (χ2n) is 3.05. The van der Waals surface area contributed by atoms with Gasteiger partial charge in [0.1, 0.15) is 5.15 Å². The van der Waals surface area contributed by atoms with Gasteiger partial charge in [-0.2, -0.15) is 0 Å². The molecular weight excluding hydrogens is 381 g/mol. The van der Waals surface area contributed by atoms with E-state index in [0.29, 0.717) is 25.9 Å².